The topological polar surface area (TPSA) is 138 Å². The standard InChI is InChI=1S/C21H16FN5O4S2/c1-9-17(33-19(25-9)10(2)24-18(29)14-4-3-5-23-27-14)15-8-32-20(26-15)11-7-16(28)12(21(30)31)6-13(11)22/h3-8,10,28H,1-2H3,(H,24,29)(H,30,31). The van der Waals surface area contributed by atoms with Crippen LogP contribution in [0.5, 0.6) is 5.75 Å². The summed E-state index contributed by atoms with van der Waals surface area (Å²) in [4.78, 5) is 33.1. The number of aromatic nitrogens is 4. The van der Waals surface area contributed by atoms with Crippen LogP contribution in [0.4, 0.5) is 4.39 Å². The molecule has 4 aromatic rings. The number of carboxylic acids is 1. The van der Waals surface area contributed by atoms with E-state index in [2.05, 4.69) is 25.5 Å². The second kappa shape index (κ2) is 9.00. The molecule has 3 heterocycles. The lowest BCUT2D eigenvalue weighted by molar-refractivity contribution is 0.0693. The number of amides is 1. The summed E-state index contributed by atoms with van der Waals surface area (Å²) in [6, 6.07) is 4.61. The van der Waals surface area contributed by atoms with Crippen molar-refractivity contribution in [2.45, 2.75) is 19.9 Å². The predicted octanol–water partition coefficient (Wildman–Crippen LogP) is 4.07. The maximum absolute atomic E-state index is 14.5. The zero-order valence-corrected chi connectivity index (χ0v) is 18.9. The molecule has 1 atom stereocenters. The lowest BCUT2D eigenvalue weighted by Crippen LogP contribution is -2.27. The van der Waals surface area contributed by atoms with E-state index in [1.165, 1.54) is 17.5 Å². The van der Waals surface area contributed by atoms with Gasteiger partial charge in [0.05, 0.1) is 22.3 Å². The Morgan fingerprint density at radius 2 is 2.03 bits per heavy atom. The number of phenols is 1. The molecule has 3 aromatic heterocycles. The Morgan fingerprint density at radius 3 is 2.73 bits per heavy atom. The van der Waals surface area contributed by atoms with Gasteiger partial charge in [-0.15, -0.1) is 27.8 Å². The molecule has 0 radical (unpaired) electrons. The number of rotatable bonds is 6. The third-order valence-electron chi connectivity index (χ3n) is 4.62. The molecule has 33 heavy (non-hydrogen) atoms. The molecule has 12 heteroatoms. The van der Waals surface area contributed by atoms with Crippen molar-refractivity contribution in [3.8, 4) is 26.9 Å². The van der Waals surface area contributed by atoms with Crippen molar-refractivity contribution in [1.29, 1.82) is 0 Å². The largest absolute Gasteiger partial charge is 0.507 e. The number of carbonyl (C=O) groups excluding carboxylic acids is 1. The van der Waals surface area contributed by atoms with Crippen molar-refractivity contribution >= 4 is 34.6 Å². The van der Waals surface area contributed by atoms with E-state index in [-0.39, 0.29) is 22.2 Å². The minimum atomic E-state index is -1.42. The molecule has 0 bridgehead atoms. The molecule has 168 valence electrons. The molecule has 0 saturated heterocycles. The van der Waals surface area contributed by atoms with Crippen LogP contribution >= 0.6 is 22.7 Å². The fraction of sp³-hybridized carbons (Fsp3) is 0.143. The number of hydrogen-bond donors (Lipinski definition) is 3. The molecule has 0 aliphatic carbocycles. The van der Waals surface area contributed by atoms with E-state index in [0.29, 0.717) is 16.4 Å². The zero-order chi connectivity index (χ0) is 23.7. The Balaban J connectivity index is 1.58. The predicted molar refractivity (Wildman–Crippen MR) is 120 cm³/mol. The Morgan fingerprint density at radius 1 is 1.24 bits per heavy atom. The molecule has 0 saturated carbocycles. The van der Waals surface area contributed by atoms with E-state index in [1.54, 1.807) is 31.4 Å². The van der Waals surface area contributed by atoms with Crippen LogP contribution in [0.2, 0.25) is 0 Å². The van der Waals surface area contributed by atoms with Crippen LogP contribution in [-0.2, 0) is 0 Å². The summed E-state index contributed by atoms with van der Waals surface area (Å²) in [6.45, 7) is 3.60. The number of halogens is 1. The van der Waals surface area contributed by atoms with Gasteiger partial charge in [0.2, 0.25) is 0 Å². The number of nitrogens with one attached hydrogen (secondary N) is 1. The Bertz CT molecular complexity index is 1360. The second-order valence-electron chi connectivity index (χ2n) is 6.96. The summed E-state index contributed by atoms with van der Waals surface area (Å²) in [5.41, 5.74) is 0.928. The van der Waals surface area contributed by atoms with E-state index < -0.39 is 29.1 Å². The summed E-state index contributed by atoms with van der Waals surface area (Å²) >= 11 is 2.49. The Labute approximate surface area is 194 Å². The van der Waals surface area contributed by atoms with Gasteiger partial charge in [-0.05, 0) is 38.1 Å². The van der Waals surface area contributed by atoms with Crippen LogP contribution in [0.3, 0.4) is 0 Å². The second-order valence-corrected chi connectivity index (χ2v) is 8.85. The van der Waals surface area contributed by atoms with E-state index in [0.717, 1.165) is 28.3 Å². The zero-order valence-electron chi connectivity index (χ0n) is 17.2. The molecular formula is C21H16FN5O4S2. The number of aromatic hydroxyl groups is 1. The first-order chi connectivity index (χ1) is 15.7. The molecule has 1 amide bonds. The molecule has 0 fully saturated rings. The Hall–Kier alpha value is -3.77. The first-order valence-electron chi connectivity index (χ1n) is 9.52. The highest BCUT2D eigenvalue weighted by molar-refractivity contribution is 7.16. The van der Waals surface area contributed by atoms with Crippen molar-refractivity contribution in [3.05, 3.63) is 63.6 Å². The van der Waals surface area contributed by atoms with Gasteiger partial charge < -0.3 is 15.5 Å². The lowest BCUT2D eigenvalue weighted by Gasteiger charge is -2.10. The van der Waals surface area contributed by atoms with Crippen molar-refractivity contribution in [3.63, 3.8) is 0 Å². The fourth-order valence-corrected chi connectivity index (χ4v) is 4.93. The van der Waals surface area contributed by atoms with Gasteiger partial charge in [0.15, 0.2) is 5.69 Å². The SMILES string of the molecule is Cc1nc(C(C)NC(=O)c2cccnn2)sc1-c1csc(-c2cc(O)c(C(=O)O)cc2F)n1. The van der Waals surface area contributed by atoms with Gasteiger partial charge in [0.1, 0.15) is 27.1 Å². The summed E-state index contributed by atoms with van der Waals surface area (Å²) in [5, 5.41) is 31.9. The summed E-state index contributed by atoms with van der Waals surface area (Å²) in [6.07, 6.45) is 1.48. The van der Waals surface area contributed by atoms with Gasteiger partial charge in [-0.3, -0.25) is 4.79 Å². The maximum atomic E-state index is 14.5. The summed E-state index contributed by atoms with van der Waals surface area (Å²) in [7, 11) is 0. The molecule has 1 aromatic carbocycles. The van der Waals surface area contributed by atoms with Crippen molar-refractivity contribution in [1.82, 2.24) is 25.5 Å². The summed E-state index contributed by atoms with van der Waals surface area (Å²) < 4.78 is 14.5. The summed E-state index contributed by atoms with van der Waals surface area (Å²) in [5.74, 6) is -3.14. The van der Waals surface area contributed by atoms with Crippen LogP contribution in [-0.4, -0.2) is 42.3 Å². The minimum Gasteiger partial charge on any atom is -0.507 e. The number of nitrogens with zero attached hydrogens (tertiary/aromatic N) is 4. The first kappa shape index (κ1) is 22.4. The highest BCUT2D eigenvalue weighted by Gasteiger charge is 2.21. The van der Waals surface area contributed by atoms with Gasteiger partial charge in [-0.2, -0.15) is 5.10 Å². The number of hydrogen-bond acceptors (Lipinski definition) is 9. The van der Waals surface area contributed by atoms with Crippen molar-refractivity contribution < 1.29 is 24.2 Å². The van der Waals surface area contributed by atoms with E-state index in [1.807, 2.05) is 0 Å². The smallest absolute Gasteiger partial charge is 0.339 e. The van der Waals surface area contributed by atoms with E-state index in [9.17, 15) is 19.1 Å². The normalized spacial score (nSPS) is 11.8. The van der Waals surface area contributed by atoms with Gasteiger partial charge in [0, 0.05) is 17.1 Å². The number of carbonyl (C=O) groups is 2. The van der Waals surface area contributed by atoms with E-state index >= 15 is 0 Å². The van der Waals surface area contributed by atoms with Crippen molar-refractivity contribution in [2.75, 3.05) is 0 Å². The van der Waals surface area contributed by atoms with Crippen LogP contribution in [0.1, 0.15) is 44.5 Å². The first-order valence-corrected chi connectivity index (χ1v) is 11.2. The molecule has 3 N–H and O–H groups in total. The maximum Gasteiger partial charge on any atom is 0.339 e. The van der Waals surface area contributed by atoms with Gasteiger partial charge in [0.25, 0.3) is 5.91 Å². The third kappa shape index (κ3) is 4.56. The Kier molecular flexibility index (Phi) is 6.11. The number of thiazole rings is 2. The molecule has 0 spiro atoms. The lowest BCUT2D eigenvalue weighted by atomic mass is 10.1. The fourth-order valence-electron chi connectivity index (χ4n) is 2.99. The molecule has 9 nitrogen and oxygen atoms in total. The molecule has 4 rings (SSSR count). The van der Waals surface area contributed by atoms with Gasteiger partial charge >= 0.3 is 5.97 Å². The molecule has 0 aliphatic rings. The van der Waals surface area contributed by atoms with Crippen LogP contribution in [0.25, 0.3) is 21.1 Å². The third-order valence-corrected chi connectivity index (χ3v) is 6.86. The average Bonchev–Trinajstić information content (AvgIpc) is 3.42. The van der Waals surface area contributed by atoms with Crippen molar-refractivity contribution in [2.24, 2.45) is 0 Å². The molecule has 0 aliphatic heterocycles. The number of aryl methyl sites for hydroxylation is 1. The minimum absolute atomic E-state index is 0.000689. The number of aromatic carboxylic acids is 1. The molecule has 1 unspecified atom stereocenters. The quantitative estimate of drug-likeness (QED) is 0.372. The van der Waals surface area contributed by atoms with Crippen LogP contribution in [0, 0.1) is 12.7 Å². The number of carboxylic acid groups (broad SMARTS) is 1. The molecular weight excluding hydrogens is 469 g/mol. The monoisotopic (exact) mass is 485 g/mol. The van der Waals surface area contributed by atoms with E-state index in [4.69, 9.17) is 5.11 Å². The highest BCUT2D eigenvalue weighted by atomic mass is 32.1. The number of benzene rings is 1. The highest BCUT2D eigenvalue weighted by Crippen LogP contribution is 2.37. The average molecular weight is 486 g/mol. The van der Waals surface area contributed by atoms with Gasteiger partial charge in [-0.1, -0.05) is 0 Å². The van der Waals surface area contributed by atoms with Crippen LogP contribution < -0.4 is 5.32 Å². The van der Waals surface area contributed by atoms with Crippen LogP contribution in [0.15, 0.2) is 35.8 Å². The van der Waals surface area contributed by atoms with Gasteiger partial charge in [-0.25, -0.2) is 19.2 Å².